The molecule has 0 aliphatic carbocycles. The Balaban J connectivity index is 1.38. The molecule has 0 bridgehead atoms. The summed E-state index contributed by atoms with van der Waals surface area (Å²) in [5, 5.41) is 4.34. The standard InChI is InChI=1S/C17H26N4O2/c1-19-14(12-21-7-3-6-18-21)10-13-11-20(8-5-15(13)19)17(22)16-4-2-9-23-16/h3,6-7,13-16H,2,4-5,8-12H2,1H3/t13-,14+,15+,16+/m1/s1. The number of likely N-dealkylation sites (tertiary alicyclic amines) is 2. The van der Waals surface area contributed by atoms with E-state index in [1.165, 1.54) is 0 Å². The van der Waals surface area contributed by atoms with Gasteiger partial charge in [0.05, 0.1) is 6.54 Å². The fourth-order valence-electron chi connectivity index (χ4n) is 4.58. The lowest BCUT2D eigenvalue weighted by Crippen LogP contribution is -2.50. The molecule has 23 heavy (non-hydrogen) atoms. The molecule has 6 heteroatoms. The summed E-state index contributed by atoms with van der Waals surface area (Å²) in [5.41, 5.74) is 0. The lowest BCUT2D eigenvalue weighted by molar-refractivity contribution is -0.143. The van der Waals surface area contributed by atoms with Gasteiger partial charge in [0.1, 0.15) is 6.10 Å². The maximum absolute atomic E-state index is 12.6. The van der Waals surface area contributed by atoms with Crippen molar-refractivity contribution in [2.75, 3.05) is 26.7 Å². The highest BCUT2D eigenvalue weighted by molar-refractivity contribution is 5.81. The summed E-state index contributed by atoms with van der Waals surface area (Å²) in [6, 6.07) is 3.09. The second-order valence-electron chi connectivity index (χ2n) is 7.19. The number of fused-ring (bicyclic) bond motifs is 1. The van der Waals surface area contributed by atoms with E-state index in [1.807, 2.05) is 23.1 Å². The smallest absolute Gasteiger partial charge is 0.251 e. The average molecular weight is 318 g/mol. The Hall–Kier alpha value is -1.40. The molecule has 0 aromatic carbocycles. The number of rotatable bonds is 3. The molecule has 1 amide bonds. The first-order chi connectivity index (χ1) is 11.2. The molecule has 4 rings (SSSR count). The van der Waals surface area contributed by atoms with Crippen LogP contribution in [0, 0.1) is 5.92 Å². The van der Waals surface area contributed by atoms with Crippen LogP contribution in [-0.2, 0) is 16.1 Å². The Morgan fingerprint density at radius 3 is 3.04 bits per heavy atom. The minimum atomic E-state index is -0.175. The number of ether oxygens (including phenoxy) is 1. The number of amides is 1. The molecule has 0 unspecified atom stereocenters. The van der Waals surface area contributed by atoms with E-state index < -0.39 is 0 Å². The minimum Gasteiger partial charge on any atom is -0.368 e. The van der Waals surface area contributed by atoms with E-state index in [0.717, 1.165) is 51.9 Å². The van der Waals surface area contributed by atoms with Gasteiger partial charge in [0.2, 0.25) is 0 Å². The highest BCUT2D eigenvalue weighted by atomic mass is 16.5. The van der Waals surface area contributed by atoms with Crippen LogP contribution in [0.4, 0.5) is 0 Å². The number of aromatic nitrogens is 2. The van der Waals surface area contributed by atoms with E-state index in [-0.39, 0.29) is 12.0 Å². The number of likely N-dealkylation sites (N-methyl/N-ethyl adjacent to an activating group) is 1. The fourth-order valence-corrected chi connectivity index (χ4v) is 4.58. The zero-order valence-corrected chi connectivity index (χ0v) is 13.8. The first-order valence-corrected chi connectivity index (χ1v) is 8.82. The Morgan fingerprint density at radius 2 is 2.30 bits per heavy atom. The van der Waals surface area contributed by atoms with Crippen molar-refractivity contribution in [3.05, 3.63) is 18.5 Å². The van der Waals surface area contributed by atoms with E-state index in [4.69, 9.17) is 4.74 Å². The van der Waals surface area contributed by atoms with Crippen molar-refractivity contribution in [2.24, 2.45) is 5.92 Å². The monoisotopic (exact) mass is 318 g/mol. The predicted molar refractivity (Wildman–Crippen MR) is 85.8 cm³/mol. The fraction of sp³-hybridized carbons (Fsp3) is 0.765. The second-order valence-corrected chi connectivity index (χ2v) is 7.19. The Bertz CT molecular complexity index is 541. The number of piperidine rings is 1. The van der Waals surface area contributed by atoms with Gasteiger partial charge in [-0.05, 0) is 44.7 Å². The summed E-state index contributed by atoms with van der Waals surface area (Å²) < 4.78 is 7.60. The molecule has 126 valence electrons. The molecule has 4 heterocycles. The van der Waals surface area contributed by atoms with Crippen LogP contribution in [-0.4, -0.2) is 70.4 Å². The van der Waals surface area contributed by atoms with Crippen molar-refractivity contribution >= 4 is 5.91 Å². The van der Waals surface area contributed by atoms with Gasteiger partial charge in [-0.15, -0.1) is 0 Å². The largest absolute Gasteiger partial charge is 0.368 e. The van der Waals surface area contributed by atoms with Crippen molar-refractivity contribution in [1.29, 1.82) is 0 Å². The summed E-state index contributed by atoms with van der Waals surface area (Å²) in [6.07, 6.45) is 7.83. The number of hydrogen-bond donors (Lipinski definition) is 0. The number of nitrogens with zero attached hydrogens (tertiary/aromatic N) is 4. The maximum atomic E-state index is 12.6. The van der Waals surface area contributed by atoms with Gasteiger partial charge in [-0.1, -0.05) is 0 Å². The molecule has 0 saturated carbocycles. The third-order valence-corrected chi connectivity index (χ3v) is 5.84. The van der Waals surface area contributed by atoms with Crippen LogP contribution in [0.1, 0.15) is 25.7 Å². The molecule has 3 fully saturated rings. The number of hydrogen-bond acceptors (Lipinski definition) is 4. The summed E-state index contributed by atoms with van der Waals surface area (Å²) in [5.74, 6) is 0.804. The summed E-state index contributed by atoms with van der Waals surface area (Å²) in [4.78, 5) is 17.2. The SMILES string of the molecule is CN1[C@H](Cn2cccn2)C[C@@H]2CN(C(=O)[C@@H]3CCCO3)CC[C@@H]21. The van der Waals surface area contributed by atoms with Crippen molar-refractivity contribution in [3.8, 4) is 0 Å². The van der Waals surface area contributed by atoms with Crippen molar-refractivity contribution in [3.63, 3.8) is 0 Å². The van der Waals surface area contributed by atoms with Gasteiger partial charge in [-0.3, -0.25) is 14.4 Å². The van der Waals surface area contributed by atoms with Crippen LogP contribution in [0.5, 0.6) is 0 Å². The van der Waals surface area contributed by atoms with Crippen LogP contribution < -0.4 is 0 Å². The molecular formula is C17H26N4O2. The molecule has 4 atom stereocenters. The minimum absolute atomic E-state index is 0.175. The van der Waals surface area contributed by atoms with E-state index in [1.54, 1.807) is 0 Å². The van der Waals surface area contributed by atoms with Gasteiger partial charge >= 0.3 is 0 Å². The summed E-state index contributed by atoms with van der Waals surface area (Å²) >= 11 is 0. The second kappa shape index (κ2) is 6.24. The molecule has 3 aliphatic rings. The Kier molecular flexibility index (Phi) is 4.11. The molecule has 3 saturated heterocycles. The lowest BCUT2D eigenvalue weighted by Gasteiger charge is -2.38. The van der Waals surface area contributed by atoms with Gasteiger partial charge in [-0.2, -0.15) is 5.10 Å². The molecular weight excluding hydrogens is 292 g/mol. The number of carbonyl (C=O) groups is 1. The van der Waals surface area contributed by atoms with Crippen LogP contribution in [0.3, 0.4) is 0 Å². The van der Waals surface area contributed by atoms with Gasteiger partial charge in [0.25, 0.3) is 5.91 Å². The molecule has 0 spiro atoms. The molecule has 3 aliphatic heterocycles. The van der Waals surface area contributed by atoms with Crippen LogP contribution in [0.2, 0.25) is 0 Å². The van der Waals surface area contributed by atoms with E-state index in [2.05, 4.69) is 21.9 Å². The van der Waals surface area contributed by atoms with Crippen molar-refractivity contribution in [1.82, 2.24) is 19.6 Å². The third kappa shape index (κ3) is 2.90. The third-order valence-electron chi connectivity index (χ3n) is 5.84. The van der Waals surface area contributed by atoms with Gasteiger partial charge in [0, 0.05) is 44.2 Å². The topological polar surface area (TPSA) is 50.6 Å². The quantitative estimate of drug-likeness (QED) is 0.834. The highest BCUT2D eigenvalue weighted by Gasteiger charge is 2.43. The van der Waals surface area contributed by atoms with Crippen molar-refractivity contribution in [2.45, 2.75) is 50.4 Å². The van der Waals surface area contributed by atoms with Crippen LogP contribution in [0.25, 0.3) is 0 Å². The molecule has 1 aromatic heterocycles. The van der Waals surface area contributed by atoms with Gasteiger partial charge in [-0.25, -0.2) is 0 Å². The van der Waals surface area contributed by atoms with Gasteiger partial charge in [0.15, 0.2) is 0 Å². The predicted octanol–water partition coefficient (Wildman–Crippen LogP) is 0.983. The van der Waals surface area contributed by atoms with E-state index >= 15 is 0 Å². The summed E-state index contributed by atoms with van der Waals surface area (Å²) in [7, 11) is 2.23. The molecule has 6 nitrogen and oxygen atoms in total. The van der Waals surface area contributed by atoms with E-state index in [0.29, 0.717) is 18.0 Å². The van der Waals surface area contributed by atoms with Crippen LogP contribution >= 0.6 is 0 Å². The number of carbonyl (C=O) groups excluding carboxylic acids is 1. The summed E-state index contributed by atoms with van der Waals surface area (Å²) in [6.45, 7) is 3.45. The van der Waals surface area contributed by atoms with E-state index in [9.17, 15) is 4.79 Å². The normalized spacial score (nSPS) is 34.7. The zero-order valence-electron chi connectivity index (χ0n) is 13.8. The molecule has 1 aromatic rings. The average Bonchev–Trinajstić information content (AvgIpc) is 3.30. The Labute approximate surface area is 137 Å². The van der Waals surface area contributed by atoms with Crippen molar-refractivity contribution < 1.29 is 9.53 Å². The lowest BCUT2D eigenvalue weighted by atomic mass is 9.91. The Morgan fingerprint density at radius 1 is 1.39 bits per heavy atom. The first kappa shape index (κ1) is 15.1. The molecule has 0 N–H and O–H groups in total. The van der Waals surface area contributed by atoms with Gasteiger partial charge < -0.3 is 9.64 Å². The highest BCUT2D eigenvalue weighted by Crippen LogP contribution is 2.35. The van der Waals surface area contributed by atoms with Crippen LogP contribution in [0.15, 0.2) is 18.5 Å². The first-order valence-electron chi connectivity index (χ1n) is 8.82. The zero-order chi connectivity index (χ0) is 15.8. The maximum Gasteiger partial charge on any atom is 0.251 e. The molecule has 0 radical (unpaired) electrons.